The molecule has 2 rings (SSSR count). The monoisotopic (exact) mass is 359 g/mol. The molecule has 0 aliphatic heterocycles. The SMILES string of the molecule is C=C(C(C)=O)[C@H](NS(=O)(=O)c1ccc(C)cc1)c1ccccc1OC. The van der Waals surface area contributed by atoms with Crippen molar-refractivity contribution in [3.05, 3.63) is 71.8 Å². The summed E-state index contributed by atoms with van der Waals surface area (Å²) in [4.78, 5) is 12.0. The lowest BCUT2D eigenvalue weighted by Gasteiger charge is -2.22. The van der Waals surface area contributed by atoms with Crippen LogP contribution < -0.4 is 9.46 Å². The van der Waals surface area contributed by atoms with Gasteiger partial charge in [0.25, 0.3) is 0 Å². The van der Waals surface area contributed by atoms with E-state index < -0.39 is 16.1 Å². The van der Waals surface area contributed by atoms with E-state index in [1.807, 2.05) is 6.92 Å². The van der Waals surface area contributed by atoms with E-state index in [-0.39, 0.29) is 16.3 Å². The molecular weight excluding hydrogens is 338 g/mol. The van der Waals surface area contributed by atoms with E-state index in [2.05, 4.69) is 11.3 Å². The quantitative estimate of drug-likeness (QED) is 0.771. The number of para-hydroxylation sites is 1. The van der Waals surface area contributed by atoms with Crippen LogP contribution in [0, 0.1) is 6.92 Å². The Labute approximate surface area is 148 Å². The Morgan fingerprint density at radius 1 is 1.12 bits per heavy atom. The van der Waals surface area contributed by atoms with Gasteiger partial charge in [0, 0.05) is 11.1 Å². The molecule has 1 atom stereocenters. The Kier molecular flexibility index (Phi) is 5.77. The zero-order valence-corrected chi connectivity index (χ0v) is 15.3. The number of rotatable bonds is 7. The van der Waals surface area contributed by atoms with Crippen molar-refractivity contribution in [1.82, 2.24) is 4.72 Å². The molecule has 0 unspecified atom stereocenters. The van der Waals surface area contributed by atoms with Crippen molar-refractivity contribution >= 4 is 15.8 Å². The van der Waals surface area contributed by atoms with Crippen molar-refractivity contribution in [3.8, 4) is 5.75 Å². The lowest BCUT2D eigenvalue weighted by molar-refractivity contribution is -0.113. The van der Waals surface area contributed by atoms with E-state index in [1.165, 1.54) is 26.2 Å². The molecule has 0 spiro atoms. The fraction of sp³-hybridized carbons (Fsp3) is 0.211. The standard InChI is InChI=1S/C19H21NO4S/c1-13-9-11-16(12-10-13)25(22,23)20-19(14(2)15(3)21)17-7-5-6-8-18(17)24-4/h5-12,19-20H,2H2,1,3-4H3/t19-/m0/s1. The highest BCUT2D eigenvalue weighted by atomic mass is 32.2. The molecule has 0 heterocycles. The minimum absolute atomic E-state index is 0.120. The second kappa shape index (κ2) is 7.63. The van der Waals surface area contributed by atoms with Crippen LogP contribution >= 0.6 is 0 Å². The molecule has 2 aromatic carbocycles. The van der Waals surface area contributed by atoms with Gasteiger partial charge in [0.05, 0.1) is 18.0 Å². The molecule has 0 radical (unpaired) electrons. The van der Waals surface area contributed by atoms with Gasteiger partial charge in [-0.05, 0) is 32.0 Å². The third-order valence-electron chi connectivity index (χ3n) is 3.85. The molecule has 0 bridgehead atoms. The van der Waals surface area contributed by atoms with Crippen LogP contribution in [0.3, 0.4) is 0 Å². The number of hydrogen-bond donors (Lipinski definition) is 1. The number of Topliss-reactive ketones (excluding diaryl/α,β-unsaturated/α-hetero) is 1. The maximum absolute atomic E-state index is 12.7. The topological polar surface area (TPSA) is 72.5 Å². The highest BCUT2D eigenvalue weighted by Crippen LogP contribution is 2.31. The largest absolute Gasteiger partial charge is 0.496 e. The Balaban J connectivity index is 2.48. The molecule has 0 saturated carbocycles. The Morgan fingerprint density at radius 2 is 1.72 bits per heavy atom. The van der Waals surface area contributed by atoms with Gasteiger partial charge in [-0.25, -0.2) is 8.42 Å². The number of aryl methyl sites for hydroxylation is 1. The van der Waals surface area contributed by atoms with E-state index in [9.17, 15) is 13.2 Å². The van der Waals surface area contributed by atoms with Crippen LogP contribution in [-0.4, -0.2) is 21.3 Å². The number of carbonyl (C=O) groups excluding carboxylic acids is 1. The zero-order chi connectivity index (χ0) is 18.6. The second-order valence-electron chi connectivity index (χ2n) is 5.69. The fourth-order valence-corrected chi connectivity index (χ4v) is 3.58. The molecule has 0 aromatic heterocycles. The highest BCUT2D eigenvalue weighted by Gasteiger charge is 2.27. The van der Waals surface area contributed by atoms with Crippen molar-refractivity contribution in [1.29, 1.82) is 0 Å². The van der Waals surface area contributed by atoms with Crippen molar-refractivity contribution in [2.24, 2.45) is 0 Å². The predicted molar refractivity (Wildman–Crippen MR) is 97.1 cm³/mol. The van der Waals surface area contributed by atoms with Crippen LogP contribution in [0.5, 0.6) is 5.75 Å². The van der Waals surface area contributed by atoms with Crippen LogP contribution in [0.1, 0.15) is 24.1 Å². The van der Waals surface area contributed by atoms with Crippen LogP contribution in [0.2, 0.25) is 0 Å². The molecule has 5 nitrogen and oxygen atoms in total. The van der Waals surface area contributed by atoms with Gasteiger partial charge < -0.3 is 4.74 Å². The molecule has 0 saturated heterocycles. The zero-order valence-electron chi connectivity index (χ0n) is 14.4. The van der Waals surface area contributed by atoms with Gasteiger partial charge in [-0.15, -0.1) is 0 Å². The third kappa shape index (κ3) is 4.35. The summed E-state index contributed by atoms with van der Waals surface area (Å²) in [6, 6.07) is 12.5. The predicted octanol–water partition coefficient (Wildman–Crippen LogP) is 3.17. The Bertz CT molecular complexity index is 886. The Morgan fingerprint density at radius 3 is 2.28 bits per heavy atom. The van der Waals surface area contributed by atoms with Gasteiger partial charge >= 0.3 is 0 Å². The number of ether oxygens (including phenoxy) is 1. The number of methoxy groups -OCH3 is 1. The molecule has 0 aliphatic rings. The molecule has 0 fully saturated rings. The van der Waals surface area contributed by atoms with Gasteiger partial charge in [-0.3, -0.25) is 4.79 Å². The third-order valence-corrected chi connectivity index (χ3v) is 5.29. The first-order valence-electron chi connectivity index (χ1n) is 7.68. The van der Waals surface area contributed by atoms with Gasteiger partial charge in [0.1, 0.15) is 5.75 Å². The molecule has 132 valence electrons. The van der Waals surface area contributed by atoms with Crippen LogP contribution in [-0.2, 0) is 14.8 Å². The molecule has 0 amide bonds. The average Bonchev–Trinajstić information content (AvgIpc) is 2.59. The number of ketones is 1. The maximum atomic E-state index is 12.7. The lowest BCUT2D eigenvalue weighted by Crippen LogP contribution is -2.31. The number of nitrogens with one attached hydrogen (secondary N) is 1. The summed E-state index contributed by atoms with van der Waals surface area (Å²) >= 11 is 0. The van der Waals surface area contributed by atoms with Gasteiger partial charge in [-0.1, -0.05) is 42.5 Å². The summed E-state index contributed by atoms with van der Waals surface area (Å²) < 4.78 is 33.4. The summed E-state index contributed by atoms with van der Waals surface area (Å²) in [5, 5.41) is 0. The summed E-state index contributed by atoms with van der Waals surface area (Å²) in [6.45, 7) is 6.99. The smallest absolute Gasteiger partial charge is 0.241 e. The first-order chi connectivity index (χ1) is 11.8. The van der Waals surface area contributed by atoms with Crippen LogP contribution in [0.25, 0.3) is 0 Å². The first kappa shape index (κ1) is 18.9. The summed E-state index contributed by atoms with van der Waals surface area (Å²) in [5.41, 5.74) is 1.62. The Hall–Kier alpha value is -2.44. The molecule has 6 heteroatoms. The van der Waals surface area contributed by atoms with Gasteiger partial charge in [0.15, 0.2) is 5.78 Å². The number of sulfonamides is 1. The normalized spacial score (nSPS) is 12.4. The number of hydrogen-bond acceptors (Lipinski definition) is 4. The average molecular weight is 359 g/mol. The van der Waals surface area contributed by atoms with E-state index >= 15 is 0 Å². The lowest BCUT2D eigenvalue weighted by atomic mass is 9.97. The van der Waals surface area contributed by atoms with Gasteiger partial charge in [0.2, 0.25) is 10.0 Å². The van der Waals surface area contributed by atoms with Gasteiger partial charge in [-0.2, -0.15) is 4.72 Å². The van der Waals surface area contributed by atoms with E-state index in [4.69, 9.17) is 4.74 Å². The summed E-state index contributed by atoms with van der Waals surface area (Å²) in [6.07, 6.45) is 0. The number of carbonyl (C=O) groups is 1. The van der Waals surface area contributed by atoms with E-state index in [0.717, 1.165) is 5.56 Å². The van der Waals surface area contributed by atoms with Crippen molar-refractivity contribution in [3.63, 3.8) is 0 Å². The number of benzene rings is 2. The maximum Gasteiger partial charge on any atom is 0.241 e. The molecule has 0 aliphatic carbocycles. The van der Waals surface area contributed by atoms with Crippen molar-refractivity contribution in [2.45, 2.75) is 24.8 Å². The minimum Gasteiger partial charge on any atom is -0.496 e. The molecular formula is C19H21NO4S. The van der Waals surface area contributed by atoms with Crippen molar-refractivity contribution in [2.75, 3.05) is 7.11 Å². The van der Waals surface area contributed by atoms with Crippen LogP contribution in [0.15, 0.2) is 65.6 Å². The van der Waals surface area contributed by atoms with E-state index in [0.29, 0.717) is 11.3 Å². The molecule has 1 N–H and O–H groups in total. The van der Waals surface area contributed by atoms with Crippen molar-refractivity contribution < 1.29 is 17.9 Å². The second-order valence-corrected chi connectivity index (χ2v) is 7.40. The highest BCUT2D eigenvalue weighted by molar-refractivity contribution is 7.89. The van der Waals surface area contributed by atoms with Crippen LogP contribution in [0.4, 0.5) is 0 Å². The molecule has 25 heavy (non-hydrogen) atoms. The summed E-state index contributed by atoms with van der Waals surface area (Å²) in [7, 11) is -2.36. The molecule has 2 aromatic rings. The fourth-order valence-electron chi connectivity index (χ4n) is 2.37. The minimum atomic E-state index is -3.85. The summed E-state index contributed by atoms with van der Waals surface area (Å²) in [5.74, 6) is 0.170. The first-order valence-corrected chi connectivity index (χ1v) is 9.16. The van der Waals surface area contributed by atoms with E-state index in [1.54, 1.807) is 36.4 Å².